The predicted molar refractivity (Wildman–Crippen MR) is 95.5 cm³/mol. The van der Waals surface area contributed by atoms with Gasteiger partial charge in [-0.05, 0) is 33.8 Å². The topological polar surface area (TPSA) is 80.5 Å². The Hall–Kier alpha value is -0.280. The van der Waals surface area contributed by atoms with Gasteiger partial charge in [-0.1, -0.05) is 30.7 Å². The SMILES string of the molecule is CSC(C)CN(CC(N)=O)S(=O)(=O)Cc1cccc(Br)c1Cl. The van der Waals surface area contributed by atoms with Gasteiger partial charge in [-0.2, -0.15) is 16.1 Å². The van der Waals surface area contributed by atoms with E-state index in [2.05, 4.69) is 15.9 Å². The number of nitrogens with zero attached hydrogens (tertiary/aromatic N) is 1. The van der Waals surface area contributed by atoms with Crippen molar-refractivity contribution in [3.05, 3.63) is 33.3 Å². The van der Waals surface area contributed by atoms with Gasteiger partial charge in [0.05, 0.1) is 17.3 Å². The Morgan fingerprint density at radius 1 is 1.50 bits per heavy atom. The summed E-state index contributed by atoms with van der Waals surface area (Å²) in [5.41, 5.74) is 5.64. The van der Waals surface area contributed by atoms with Crippen molar-refractivity contribution < 1.29 is 13.2 Å². The van der Waals surface area contributed by atoms with Gasteiger partial charge >= 0.3 is 0 Å². The highest BCUT2D eigenvalue weighted by molar-refractivity contribution is 9.10. The third-order valence-electron chi connectivity index (χ3n) is 2.96. The molecule has 1 unspecified atom stereocenters. The zero-order valence-corrected chi connectivity index (χ0v) is 16.2. The molecular formula is C13H18BrClN2O3S2. The summed E-state index contributed by atoms with van der Waals surface area (Å²) in [7, 11) is -3.70. The largest absolute Gasteiger partial charge is 0.369 e. The number of thioether (sulfide) groups is 1. The molecule has 0 aromatic heterocycles. The van der Waals surface area contributed by atoms with Crippen molar-refractivity contribution in [3.63, 3.8) is 0 Å². The molecule has 0 aliphatic heterocycles. The molecule has 0 aliphatic carbocycles. The molecule has 9 heteroatoms. The molecule has 0 saturated heterocycles. The number of primary amides is 1. The van der Waals surface area contributed by atoms with Crippen molar-refractivity contribution in [2.75, 3.05) is 19.3 Å². The quantitative estimate of drug-likeness (QED) is 0.688. The molecule has 1 atom stereocenters. The monoisotopic (exact) mass is 428 g/mol. The number of halogens is 2. The van der Waals surface area contributed by atoms with E-state index < -0.39 is 15.9 Å². The Morgan fingerprint density at radius 2 is 2.14 bits per heavy atom. The number of carbonyl (C=O) groups excluding carboxylic acids is 1. The second kappa shape index (κ2) is 8.54. The van der Waals surface area contributed by atoms with E-state index in [-0.39, 0.29) is 24.1 Å². The number of hydrogen-bond donors (Lipinski definition) is 1. The highest BCUT2D eigenvalue weighted by atomic mass is 79.9. The number of benzene rings is 1. The van der Waals surface area contributed by atoms with Gasteiger partial charge in [-0.25, -0.2) is 8.42 Å². The molecule has 1 rings (SSSR count). The lowest BCUT2D eigenvalue weighted by Gasteiger charge is -2.23. The highest BCUT2D eigenvalue weighted by Crippen LogP contribution is 2.28. The first-order valence-corrected chi connectivity index (χ1v) is 10.5. The minimum Gasteiger partial charge on any atom is -0.369 e. The number of carbonyl (C=O) groups is 1. The molecule has 0 fully saturated rings. The van der Waals surface area contributed by atoms with E-state index in [0.29, 0.717) is 15.1 Å². The molecule has 124 valence electrons. The molecule has 1 amide bonds. The van der Waals surface area contributed by atoms with Crippen LogP contribution in [0.4, 0.5) is 0 Å². The van der Waals surface area contributed by atoms with Crippen LogP contribution in [0.5, 0.6) is 0 Å². The fourth-order valence-corrected chi connectivity index (χ4v) is 4.45. The summed E-state index contributed by atoms with van der Waals surface area (Å²) < 4.78 is 26.9. The van der Waals surface area contributed by atoms with Gasteiger partial charge < -0.3 is 5.73 Å². The van der Waals surface area contributed by atoms with E-state index in [9.17, 15) is 13.2 Å². The van der Waals surface area contributed by atoms with Crippen LogP contribution < -0.4 is 5.73 Å². The van der Waals surface area contributed by atoms with Crippen LogP contribution in [0.15, 0.2) is 22.7 Å². The molecule has 2 N–H and O–H groups in total. The lowest BCUT2D eigenvalue weighted by Crippen LogP contribution is -2.42. The minimum atomic E-state index is -3.70. The van der Waals surface area contributed by atoms with Gasteiger partial charge in [0.25, 0.3) is 0 Å². The van der Waals surface area contributed by atoms with E-state index >= 15 is 0 Å². The van der Waals surface area contributed by atoms with Crippen molar-refractivity contribution in [3.8, 4) is 0 Å². The molecule has 0 aliphatic rings. The standard InChI is InChI=1S/C13H18BrClN2O3S2/c1-9(21-2)6-17(7-12(16)18)22(19,20)8-10-4-3-5-11(14)13(10)15/h3-5,9H,6-8H2,1-2H3,(H2,16,18). The second-order valence-corrected chi connectivity index (χ2v) is 9.25. The summed E-state index contributed by atoms with van der Waals surface area (Å²) in [6.07, 6.45) is 1.88. The fraction of sp³-hybridized carbons (Fsp3) is 0.462. The van der Waals surface area contributed by atoms with Gasteiger partial charge in [0, 0.05) is 16.3 Å². The van der Waals surface area contributed by atoms with Crippen LogP contribution in [0.3, 0.4) is 0 Å². The number of hydrogen-bond acceptors (Lipinski definition) is 4. The Kier molecular flexibility index (Phi) is 7.67. The molecule has 0 bridgehead atoms. The third-order valence-corrected chi connectivity index (χ3v) is 6.99. The summed E-state index contributed by atoms with van der Waals surface area (Å²) in [5, 5.41) is 0.398. The van der Waals surface area contributed by atoms with Crippen LogP contribution in [-0.4, -0.2) is 43.2 Å². The second-order valence-electron chi connectivity index (χ2n) is 4.77. The van der Waals surface area contributed by atoms with E-state index in [1.54, 1.807) is 18.2 Å². The maximum atomic E-state index is 12.6. The van der Waals surface area contributed by atoms with E-state index in [1.165, 1.54) is 11.8 Å². The molecule has 0 radical (unpaired) electrons. The van der Waals surface area contributed by atoms with Crippen molar-refractivity contribution >= 4 is 55.2 Å². The molecule has 5 nitrogen and oxygen atoms in total. The first kappa shape index (κ1) is 19.8. The molecule has 22 heavy (non-hydrogen) atoms. The van der Waals surface area contributed by atoms with Gasteiger partial charge in [0.2, 0.25) is 15.9 Å². The van der Waals surface area contributed by atoms with Crippen molar-refractivity contribution in [1.29, 1.82) is 0 Å². The van der Waals surface area contributed by atoms with Gasteiger partial charge in [-0.15, -0.1) is 0 Å². The first-order chi connectivity index (χ1) is 10.2. The lowest BCUT2D eigenvalue weighted by molar-refractivity contribution is -0.118. The Labute approximate surface area is 148 Å². The average Bonchev–Trinajstić information content (AvgIpc) is 2.42. The van der Waals surface area contributed by atoms with Gasteiger partial charge in [-0.3, -0.25) is 4.79 Å². The highest BCUT2D eigenvalue weighted by Gasteiger charge is 2.26. The number of amides is 1. The molecular weight excluding hydrogens is 412 g/mol. The molecule has 1 aromatic carbocycles. The summed E-state index contributed by atoms with van der Waals surface area (Å²) in [4.78, 5) is 11.2. The van der Waals surface area contributed by atoms with Crippen LogP contribution in [0.25, 0.3) is 0 Å². The van der Waals surface area contributed by atoms with Gasteiger partial charge in [0.15, 0.2) is 0 Å². The lowest BCUT2D eigenvalue weighted by atomic mass is 10.2. The zero-order chi connectivity index (χ0) is 16.9. The first-order valence-electron chi connectivity index (χ1n) is 6.39. The van der Waals surface area contributed by atoms with Crippen LogP contribution >= 0.6 is 39.3 Å². The maximum Gasteiger partial charge on any atom is 0.232 e. The number of rotatable bonds is 8. The van der Waals surface area contributed by atoms with Crippen LogP contribution in [0.1, 0.15) is 12.5 Å². The fourth-order valence-electron chi connectivity index (χ4n) is 1.76. The zero-order valence-electron chi connectivity index (χ0n) is 12.3. The maximum absolute atomic E-state index is 12.6. The normalized spacial score (nSPS) is 13.3. The van der Waals surface area contributed by atoms with Crippen LogP contribution in [-0.2, 0) is 20.6 Å². The summed E-state index contributed by atoms with van der Waals surface area (Å²) in [5.74, 6) is -0.961. The van der Waals surface area contributed by atoms with E-state index in [0.717, 1.165) is 4.31 Å². The predicted octanol–water partition coefficient (Wildman–Crippen LogP) is 2.47. The van der Waals surface area contributed by atoms with Crippen molar-refractivity contribution in [2.45, 2.75) is 17.9 Å². The Bertz CT molecular complexity index is 640. The average molecular weight is 430 g/mol. The Balaban J connectivity index is 3.05. The smallest absolute Gasteiger partial charge is 0.232 e. The molecule has 0 heterocycles. The number of sulfonamides is 1. The Morgan fingerprint density at radius 3 is 2.68 bits per heavy atom. The molecule has 1 aromatic rings. The molecule has 0 saturated carbocycles. The van der Waals surface area contributed by atoms with Crippen LogP contribution in [0, 0.1) is 0 Å². The summed E-state index contributed by atoms with van der Waals surface area (Å²) in [6, 6.07) is 5.09. The summed E-state index contributed by atoms with van der Waals surface area (Å²) >= 11 is 10.9. The van der Waals surface area contributed by atoms with Crippen LogP contribution in [0.2, 0.25) is 5.02 Å². The molecule has 0 spiro atoms. The summed E-state index contributed by atoms with van der Waals surface area (Å²) in [6.45, 7) is 1.77. The number of nitrogens with two attached hydrogens (primary N) is 1. The van der Waals surface area contributed by atoms with Gasteiger partial charge in [0.1, 0.15) is 0 Å². The third kappa shape index (κ3) is 5.73. The van der Waals surface area contributed by atoms with Crippen molar-refractivity contribution in [2.24, 2.45) is 5.73 Å². The van der Waals surface area contributed by atoms with Crippen molar-refractivity contribution in [1.82, 2.24) is 4.31 Å². The van der Waals surface area contributed by atoms with E-state index in [1.807, 2.05) is 13.2 Å². The minimum absolute atomic E-state index is 0.0482. The van der Waals surface area contributed by atoms with E-state index in [4.69, 9.17) is 17.3 Å².